The standard InChI is InChI=1S/C21H21F3N2O/c1-4-21(9-10-21)14(11-25)19-17(24)15(20(2,3)27)16(23)18(26-19)12-5-7-13(22)8-6-12/h1,5-8,14,27H,9-11,25H2,2-3H3/t14-/m1/s1. The number of halogens is 3. The van der Waals surface area contributed by atoms with E-state index < -0.39 is 39.9 Å². The Hall–Kier alpha value is -2.36. The Morgan fingerprint density at radius 1 is 1.22 bits per heavy atom. The highest BCUT2D eigenvalue weighted by Gasteiger charge is 2.50. The summed E-state index contributed by atoms with van der Waals surface area (Å²) in [6, 6.07) is 5.02. The molecule has 1 fully saturated rings. The third kappa shape index (κ3) is 3.33. The molecule has 27 heavy (non-hydrogen) atoms. The predicted molar refractivity (Wildman–Crippen MR) is 97.1 cm³/mol. The Morgan fingerprint density at radius 3 is 2.26 bits per heavy atom. The second-order valence-corrected chi connectivity index (χ2v) is 7.50. The van der Waals surface area contributed by atoms with Gasteiger partial charge < -0.3 is 10.8 Å². The smallest absolute Gasteiger partial charge is 0.158 e. The van der Waals surface area contributed by atoms with Crippen LogP contribution < -0.4 is 5.73 Å². The van der Waals surface area contributed by atoms with E-state index in [9.17, 15) is 9.50 Å². The van der Waals surface area contributed by atoms with Crippen molar-refractivity contribution in [3.8, 4) is 23.6 Å². The van der Waals surface area contributed by atoms with Crippen LogP contribution in [0, 0.1) is 35.2 Å². The summed E-state index contributed by atoms with van der Waals surface area (Å²) in [5.74, 6) is -0.355. The first-order valence-electron chi connectivity index (χ1n) is 8.70. The van der Waals surface area contributed by atoms with Crippen LogP contribution in [0.1, 0.15) is 43.9 Å². The van der Waals surface area contributed by atoms with Gasteiger partial charge in [-0.05, 0) is 51.0 Å². The Labute approximate surface area is 156 Å². The van der Waals surface area contributed by atoms with Crippen LogP contribution in [-0.2, 0) is 5.60 Å². The van der Waals surface area contributed by atoms with E-state index in [1.807, 2.05) is 0 Å². The average molecular weight is 374 g/mol. The summed E-state index contributed by atoms with van der Waals surface area (Å²) in [5.41, 5.74) is 2.99. The van der Waals surface area contributed by atoms with Gasteiger partial charge in [0, 0.05) is 23.4 Å². The molecule has 1 aliphatic carbocycles. The molecule has 6 heteroatoms. The maximum absolute atomic E-state index is 15.3. The molecule has 0 aliphatic heterocycles. The summed E-state index contributed by atoms with van der Waals surface area (Å²) in [6.45, 7) is 2.62. The van der Waals surface area contributed by atoms with Gasteiger partial charge in [-0.25, -0.2) is 18.2 Å². The van der Waals surface area contributed by atoms with E-state index in [0.29, 0.717) is 12.8 Å². The second kappa shape index (κ2) is 6.66. The first kappa shape index (κ1) is 19.4. The fourth-order valence-electron chi connectivity index (χ4n) is 3.46. The van der Waals surface area contributed by atoms with Gasteiger partial charge in [-0.2, -0.15) is 0 Å². The third-order valence-electron chi connectivity index (χ3n) is 5.14. The molecule has 1 aromatic carbocycles. The monoisotopic (exact) mass is 374 g/mol. The molecular weight excluding hydrogens is 353 g/mol. The maximum Gasteiger partial charge on any atom is 0.158 e. The molecule has 1 aromatic heterocycles. The minimum Gasteiger partial charge on any atom is -0.386 e. The van der Waals surface area contributed by atoms with Gasteiger partial charge in [-0.3, -0.25) is 0 Å². The van der Waals surface area contributed by atoms with Crippen molar-refractivity contribution in [2.24, 2.45) is 11.1 Å². The summed E-state index contributed by atoms with van der Waals surface area (Å²) in [5, 5.41) is 10.4. The van der Waals surface area contributed by atoms with Gasteiger partial charge in [-0.1, -0.05) is 5.92 Å². The number of aromatic nitrogens is 1. The molecule has 3 rings (SSSR count). The molecule has 0 radical (unpaired) electrons. The van der Waals surface area contributed by atoms with Gasteiger partial charge in [0.1, 0.15) is 11.5 Å². The van der Waals surface area contributed by atoms with Crippen molar-refractivity contribution >= 4 is 0 Å². The molecule has 0 bridgehead atoms. The van der Waals surface area contributed by atoms with Gasteiger partial charge in [0.15, 0.2) is 11.6 Å². The van der Waals surface area contributed by atoms with Crippen LogP contribution in [0.25, 0.3) is 11.3 Å². The van der Waals surface area contributed by atoms with E-state index in [0.717, 1.165) is 12.1 Å². The van der Waals surface area contributed by atoms with Crippen molar-refractivity contribution in [2.45, 2.75) is 38.2 Å². The zero-order valence-electron chi connectivity index (χ0n) is 15.2. The molecular formula is C21H21F3N2O. The molecule has 3 nitrogen and oxygen atoms in total. The van der Waals surface area contributed by atoms with E-state index >= 15 is 8.78 Å². The van der Waals surface area contributed by atoms with E-state index in [2.05, 4.69) is 10.9 Å². The quantitative estimate of drug-likeness (QED) is 0.782. The molecule has 1 saturated carbocycles. The molecule has 0 saturated heterocycles. The van der Waals surface area contributed by atoms with Gasteiger partial charge in [-0.15, -0.1) is 6.42 Å². The van der Waals surface area contributed by atoms with Crippen LogP contribution in [0.4, 0.5) is 13.2 Å². The number of hydrogen-bond donors (Lipinski definition) is 2. The molecule has 3 N–H and O–H groups in total. The van der Waals surface area contributed by atoms with Crippen LogP contribution in [0.5, 0.6) is 0 Å². The zero-order valence-corrected chi connectivity index (χ0v) is 15.2. The Kier molecular flexibility index (Phi) is 4.79. The molecule has 1 heterocycles. The Morgan fingerprint density at radius 2 is 1.81 bits per heavy atom. The minimum absolute atomic E-state index is 0.0356. The summed E-state index contributed by atoms with van der Waals surface area (Å²) in [6.07, 6.45) is 6.98. The number of hydrogen-bond acceptors (Lipinski definition) is 3. The van der Waals surface area contributed by atoms with Crippen molar-refractivity contribution in [2.75, 3.05) is 6.54 Å². The summed E-state index contributed by atoms with van der Waals surface area (Å²) < 4.78 is 43.7. The predicted octanol–water partition coefficient (Wildman–Crippen LogP) is 3.85. The topological polar surface area (TPSA) is 59.1 Å². The van der Waals surface area contributed by atoms with E-state index in [1.54, 1.807) is 0 Å². The highest BCUT2D eigenvalue weighted by Crippen LogP contribution is 2.55. The lowest BCUT2D eigenvalue weighted by Gasteiger charge is -2.27. The zero-order chi connectivity index (χ0) is 20.0. The van der Waals surface area contributed by atoms with Crippen molar-refractivity contribution < 1.29 is 18.3 Å². The van der Waals surface area contributed by atoms with Gasteiger partial charge >= 0.3 is 0 Å². The number of rotatable bonds is 5. The van der Waals surface area contributed by atoms with E-state index in [1.165, 1.54) is 26.0 Å². The Balaban J connectivity index is 2.29. The van der Waals surface area contributed by atoms with Crippen LogP contribution in [0.2, 0.25) is 0 Å². The minimum atomic E-state index is -1.80. The summed E-state index contributed by atoms with van der Waals surface area (Å²) in [7, 11) is 0. The van der Waals surface area contributed by atoms with Gasteiger partial charge in [0.2, 0.25) is 0 Å². The SMILES string of the molecule is C#CC1([C@H](CN)c2nc(-c3ccc(F)cc3)c(F)c(C(C)(C)O)c2F)CC1. The number of nitrogens with zero attached hydrogens (tertiary/aromatic N) is 1. The Bertz CT molecular complexity index is 907. The fraction of sp³-hybridized carbons (Fsp3) is 0.381. The lowest BCUT2D eigenvalue weighted by molar-refractivity contribution is 0.0697. The second-order valence-electron chi connectivity index (χ2n) is 7.50. The van der Waals surface area contributed by atoms with Crippen LogP contribution >= 0.6 is 0 Å². The normalized spacial score (nSPS) is 16.7. The molecule has 0 amide bonds. The van der Waals surface area contributed by atoms with E-state index in [4.69, 9.17) is 12.2 Å². The van der Waals surface area contributed by atoms with E-state index in [-0.39, 0.29) is 23.5 Å². The number of aliphatic hydroxyl groups is 1. The van der Waals surface area contributed by atoms with Crippen molar-refractivity contribution in [3.63, 3.8) is 0 Å². The summed E-state index contributed by atoms with van der Waals surface area (Å²) in [4.78, 5) is 4.21. The highest BCUT2D eigenvalue weighted by atomic mass is 19.1. The lowest BCUT2D eigenvalue weighted by atomic mass is 9.83. The highest BCUT2D eigenvalue weighted by molar-refractivity contribution is 5.62. The molecule has 1 atom stereocenters. The first-order chi connectivity index (χ1) is 12.6. The third-order valence-corrected chi connectivity index (χ3v) is 5.14. The average Bonchev–Trinajstić information content (AvgIpc) is 3.38. The molecule has 0 unspecified atom stereocenters. The lowest BCUT2D eigenvalue weighted by Crippen LogP contribution is -2.28. The number of pyridine rings is 1. The van der Waals surface area contributed by atoms with Crippen molar-refractivity contribution in [3.05, 3.63) is 53.0 Å². The number of terminal acetylenes is 1. The summed E-state index contributed by atoms with van der Waals surface area (Å²) >= 11 is 0. The van der Waals surface area contributed by atoms with Crippen LogP contribution in [-0.4, -0.2) is 16.6 Å². The van der Waals surface area contributed by atoms with Gasteiger partial charge in [0.05, 0.1) is 16.9 Å². The molecule has 2 aromatic rings. The fourth-order valence-corrected chi connectivity index (χ4v) is 3.46. The first-order valence-corrected chi connectivity index (χ1v) is 8.70. The van der Waals surface area contributed by atoms with Crippen LogP contribution in [0.3, 0.4) is 0 Å². The number of nitrogens with two attached hydrogens (primary N) is 1. The molecule has 142 valence electrons. The molecule has 0 spiro atoms. The maximum atomic E-state index is 15.3. The van der Waals surface area contributed by atoms with Crippen molar-refractivity contribution in [1.29, 1.82) is 0 Å². The van der Waals surface area contributed by atoms with Crippen LogP contribution in [0.15, 0.2) is 24.3 Å². The molecule has 1 aliphatic rings. The van der Waals surface area contributed by atoms with Crippen molar-refractivity contribution in [1.82, 2.24) is 4.98 Å². The number of benzene rings is 1. The van der Waals surface area contributed by atoms with Gasteiger partial charge in [0.25, 0.3) is 0 Å². The largest absolute Gasteiger partial charge is 0.386 e.